The van der Waals surface area contributed by atoms with Gasteiger partial charge in [-0.3, -0.25) is 4.90 Å². The minimum Gasteiger partial charge on any atom is -0.323 e. The largest absolute Gasteiger partial charge is 0.323 e. The second kappa shape index (κ2) is 8.84. The molecule has 0 saturated carbocycles. The molecule has 0 aromatic rings. The van der Waals surface area contributed by atoms with Crippen LogP contribution in [0.25, 0.3) is 0 Å². The number of nitrogens with zero attached hydrogens (tertiary/aromatic N) is 1. The Morgan fingerprint density at radius 2 is 1.65 bits per heavy atom. The summed E-state index contributed by atoms with van der Waals surface area (Å²) in [7, 11) is 0. The van der Waals surface area contributed by atoms with Gasteiger partial charge in [0.15, 0.2) is 0 Å². The van der Waals surface area contributed by atoms with E-state index >= 15 is 0 Å². The van der Waals surface area contributed by atoms with Gasteiger partial charge in [-0.25, -0.2) is 0 Å². The minimum atomic E-state index is 0.147. The van der Waals surface area contributed by atoms with E-state index < -0.39 is 0 Å². The van der Waals surface area contributed by atoms with Crippen molar-refractivity contribution in [2.24, 2.45) is 5.73 Å². The molecule has 1 aliphatic carbocycles. The molecule has 0 saturated heterocycles. The monoisotopic (exact) mass is 280 g/mol. The molecule has 0 radical (unpaired) electrons. The van der Waals surface area contributed by atoms with Crippen molar-refractivity contribution >= 4 is 0 Å². The smallest absolute Gasteiger partial charge is 0.0441 e. The molecule has 0 amide bonds. The van der Waals surface area contributed by atoms with Crippen LogP contribution >= 0.6 is 0 Å². The van der Waals surface area contributed by atoms with Gasteiger partial charge in [0.2, 0.25) is 0 Å². The number of nitrogens with two attached hydrogens (primary N) is 1. The van der Waals surface area contributed by atoms with E-state index in [1.807, 2.05) is 0 Å². The third-order valence-electron chi connectivity index (χ3n) is 5.42. The number of likely N-dealkylation sites (N-methyl/N-ethyl adjacent to an activating group) is 1. The van der Waals surface area contributed by atoms with Crippen molar-refractivity contribution in [2.45, 2.75) is 90.6 Å². The van der Waals surface area contributed by atoms with Crippen LogP contribution in [-0.4, -0.2) is 29.6 Å². The molecule has 2 heteroatoms. The molecule has 0 heterocycles. The molecule has 2 nitrogen and oxygen atoms in total. The zero-order valence-corrected chi connectivity index (χ0v) is 14.3. The molecule has 20 heavy (non-hydrogen) atoms. The average molecular weight is 280 g/mol. The van der Waals surface area contributed by atoms with Crippen LogP contribution in [0.4, 0.5) is 0 Å². The first-order valence-electron chi connectivity index (χ1n) is 8.85. The van der Waals surface area contributed by atoms with E-state index in [2.05, 4.69) is 38.7 Å². The lowest BCUT2D eigenvalue weighted by Gasteiger charge is -2.47. The molecule has 0 aromatic heterocycles. The van der Waals surface area contributed by atoms with E-state index in [0.717, 1.165) is 25.9 Å². The van der Waals surface area contributed by atoms with Crippen LogP contribution in [0, 0.1) is 0 Å². The zero-order valence-electron chi connectivity index (χ0n) is 14.3. The Labute approximate surface area is 126 Å². The molecule has 1 unspecified atom stereocenters. The third-order valence-corrected chi connectivity index (χ3v) is 5.42. The van der Waals surface area contributed by atoms with Crippen molar-refractivity contribution in [3.8, 4) is 0 Å². The van der Waals surface area contributed by atoms with E-state index in [1.54, 1.807) is 0 Å². The standard InChI is InChI=1S/C18H36N2/c1-5-18(6-2,20(7-3)8-4)17(19)16-14-12-10-9-11-13-15-16/h14,17H,5-13,15,19H2,1-4H3. The summed E-state index contributed by atoms with van der Waals surface area (Å²) in [5.74, 6) is 0. The van der Waals surface area contributed by atoms with Crippen molar-refractivity contribution in [3.63, 3.8) is 0 Å². The molecule has 0 aromatic carbocycles. The molecule has 1 atom stereocenters. The summed E-state index contributed by atoms with van der Waals surface area (Å²) in [6.07, 6.45) is 12.6. The van der Waals surface area contributed by atoms with Gasteiger partial charge in [0.05, 0.1) is 0 Å². The quantitative estimate of drug-likeness (QED) is 0.696. The Balaban J connectivity index is 2.99. The van der Waals surface area contributed by atoms with Gasteiger partial charge < -0.3 is 5.73 Å². The molecule has 0 bridgehead atoms. The van der Waals surface area contributed by atoms with E-state index in [1.165, 1.54) is 44.1 Å². The Bertz CT molecular complexity index is 288. The van der Waals surface area contributed by atoms with Crippen LogP contribution in [0.3, 0.4) is 0 Å². The molecular weight excluding hydrogens is 244 g/mol. The van der Waals surface area contributed by atoms with Crippen LogP contribution in [0.15, 0.2) is 11.6 Å². The lowest BCUT2D eigenvalue weighted by atomic mass is 9.77. The maximum atomic E-state index is 6.81. The van der Waals surface area contributed by atoms with Gasteiger partial charge >= 0.3 is 0 Å². The molecule has 2 N–H and O–H groups in total. The first-order chi connectivity index (χ1) is 9.66. The summed E-state index contributed by atoms with van der Waals surface area (Å²) in [4.78, 5) is 2.59. The first-order valence-corrected chi connectivity index (χ1v) is 8.85. The predicted octanol–water partition coefficient (Wildman–Crippen LogP) is 4.49. The van der Waals surface area contributed by atoms with Gasteiger partial charge in [0, 0.05) is 11.6 Å². The van der Waals surface area contributed by atoms with Crippen molar-refractivity contribution in [1.82, 2.24) is 4.90 Å². The van der Waals surface area contributed by atoms with Crippen LogP contribution in [-0.2, 0) is 0 Å². The van der Waals surface area contributed by atoms with Crippen LogP contribution in [0.5, 0.6) is 0 Å². The van der Waals surface area contributed by atoms with Crippen molar-refractivity contribution < 1.29 is 0 Å². The number of rotatable bonds is 7. The predicted molar refractivity (Wildman–Crippen MR) is 90.0 cm³/mol. The normalized spacial score (nSPS) is 19.4. The zero-order chi connectivity index (χ0) is 15.0. The highest BCUT2D eigenvalue weighted by molar-refractivity contribution is 5.19. The van der Waals surface area contributed by atoms with E-state index in [9.17, 15) is 0 Å². The maximum absolute atomic E-state index is 6.81. The number of allylic oxidation sites excluding steroid dienone is 1. The van der Waals surface area contributed by atoms with Gasteiger partial charge in [-0.05, 0) is 51.6 Å². The van der Waals surface area contributed by atoms with Gasteiger partial charge in [-0.1, -0.05) is 52.2 Å². The van der Waals surface area contributed by atoms with Crippen LogP contribution in [0.1, 0.15) is 79.1 Å². The summed E-state index contributed by atoms with van der Waals surface area (Å²) >= 11 is 0. The summed E-state index contributed by atoms with van der Waals surface area (Å²) in [5, 5.41) is 0. The summed E-state index contributed by atoms with van der Waals surface area (Å²) in [6, 6.07) is 0.204. The Morgan fingerprint density at radius 3 is 2.20 bits per heavy atom. The average Bonchev–Trinajstić information content (AvgIpc) is 2.44. The second-order valence-electron chi connectivity index (χ2n) is 6.19. The fourth-order valence-electron chi connectivity index (χ4n) is 4.03. The van der Waals surface area contributed by atoms with E-state index in [0.29, 0.717) is 0 Å². The third kappa shape index (κ3) is 3.85. The highest BCUT2D eigenvalue weighted by Crippen LogP contribution is 2.33. The molecule has 0 fully saturated rings. The number of hydrogen-bond donors (Lipinski definition) is 1. The fraction of sp³-hybridized carbons (Fsp3) is 0.889. The van der Waals surface area contributed by atoms with Crippen molar-refractivity contribution in [1.29, 1.82) is 0 Å². The van der Waals surface area contributed by atoms with Gasteiger partial charge in [0.1, 0.15) is 0 Å². The van der Waals surface area contributed by atoms with Crippen LogP contribution in [0.2, 0.25) is 0 Å². The molecule has 1 rings (SSSR count). The second-order valence-corrected chi connectivity index (χ2v) is 6.19. The Morgan fingerprint density at radius 1 is 1.05 bits per heavy atom. The van der Waals surface area contributed by atoms with Gasteiger partial charge in [-0.15, -0.1) is 0 Å². The summed E-state index contributed by atoms with van der Waals surface area (Å²) in [6.45, 7) is 11.3. The van der Waals surface area contributed by atoms with Gasteiger partial charge in [0.25, 0.3) is 0 Å². The van der Waals surface area contributed by atoms with Gasteiger partial charge in [-0.2, -0.15) is 0 Å². The summed E-state index contributed by atoms with van der Waals surface area (Å²) in [5.41, 5.74) is 8.49. The minimum absolute atomic E-state index is 0.147. The highest BCUT2D eigenvalue weighted by Gasteiger charge is 2.39. The highest BCUT2D eigenvalue weighted by atomic mass is 15.2. The molecular formula is C18H36N2. The lowest BCUT2D eigenvalue weighted by Crippen LogP contribution is -2.60. The maximum Gasteiger partial charge on any atom is 0.0441 e. The lowest BCUT2D eigenvalue weighted by molar-refractivity contribution is 0.0722. The van der Waals surface area contributed by atoms with Crippen molar-refractivity contribution in [2.75, 3.05) is 13.1 Å². The summed E-state index contributed by atoms with van der Waals surface area (Å²) < 4.78 is 0. The first kappa shape index (κ1) is 17.7. The Hall–Kier alpha value is -0.340. The number of hydrogen-bond acceptors (Lipinski definition) is 2. The molecule has 1 aliphatic rings. The SMILES string of the molecule is CCN(CC)C(CC)(CC)C(N)C1=CCCCCCC1. The topological polar surface area (TPSA) is 29.3 Å². The van der Waals surface area contributed by atoms with Crippen LogP contribution < -0.4 is 5.73 Å². The van der Waals surface area contributed by atoms with Crippen molar-refractivity contribution in [3.05, 3.63) is 11.6 Å². The van der Waals surface area contributed by atoms with E-state index in [4.69, 9.17) is 5.73 Å². The molecule has 118 valence electrons. The molecule has 0 aliphatic heterocycles. The Kier molecular flexibility index (Phi) is 7.83. The fourth-order valence-corrected chi connectivity index (χ4v) is 4.03. The van der Waals surface area contributed by atoms with E-state index in [-0.39, 0.29) is 11.6 Å². The molecule has 0 spiro atoms.